The molecular formula is C21H22N4O4. The third kappa shape index (κ3) is 5.41. The first-order valence-electron chi connectivity index (χ1n) is 9.23. The SMILES string of the molecule is CC(=O)Nc1ccc(NC(=O)CNC(=O)C2CC(=O)N(c3ccccc3)C2)cc1. The van der Waals surface area contributed by atoms with Gasteiger partial charge in [0.25, 0.3) is 0 Å². The Labute approximate surface area is 168 Å². The summed E-state index contributed by atoms with van der Waals surface area (Å²) >= 11 is 0. The number of anilines is 3. The minimum Gasteiger partial charge on any atom is -0.347 e. The molecule has 0 aliphatic carbocycles. The smallest absolute Gasteiger partial charge is 0.243 e. The van der Waals surface area contributed by atoms with Gasteiger partial charge in [-0.15, -0.1) is 0 Å². The Hall–Kier alpha value is -3.68. The van der Waals surface area contributed by atoms with Gasteiger partial charge in [-0.2, -0.15) is 0 Å². The van der Waals surface area contributed by atoms with Crippen molar-refractivity contribution in [2.45, 2.75) is 13.3 Å². The largest absolute Gasteiger partial charge is 0.347 e. The molecule has 29 heavy (non-hydrogen) atoms. The normalized spacial score (nSPS) is 15.7. The Morgan fingerprint density at radius 3 is 2.21 bits per heavy atom. The molecule has 150 valence electrons. The molecule has 3 N–H and O–H groups in total. The summed E-state index contributed by atoms with van der Waals surface area (Å²) in [4.78, 5) is 49.2. The van der Waals surface area contributed by atoms with Crippen LogP contribution in [0.4, 0.5) is 17.1 Å². The quantitative estimate of drug-likeness (QED) is 0.694. The number of amides is 4. The van der Waals surface area contributed by atoms with E-state index in [1.165, 1.54) is 6.92 Å². The van der Waals surface area contributed by atoms with E-state index in [1.54, 1.807) is 29.2 Å². The third-order valence-electron chi connectivity index (χ3n) is 4.48. The summed E-state index contributed by atoms with van der Waals surface area (Å²) in [5, 5.41) is 7.89. The number of nitrogens with one attached hydrogen (secondary N) is 3. The Morgan fingerprint density at radius 1 is 0.966 bits per heavy atom. The van der Waals surface area contributed by atoms with Crippen molar-refractivity contribution in [2.75, 3.05) is 28.6 Å². The van der Waals surface area contributed by atoms with Crippen LogP contribution in [0.25, 0.3) is 0 Å². The fraction of sp³-hybridized carbons (Fsp3) is 0.238. The molecular weight excluding hydrogens is 372 g/mol. The predicted octanol–water partition coefficient (Wildman–Crippen LogP) is 1.75. The van der Waals surface area contributed by atoms with Crippen LogP contribution in [0.1, 0.15) is 13.3 Å². The number of benzene rings is 2. The predicted molar refractivity (Wildman–Crippen MR) is 109 cm³/mol. The van der Waals surface area contributed by atoms with Gasteiger partial charge in [0.2, 0.25) is 23.6 Å². The summed E-state index contributed by atoms with van der Waals surface area (Å²) in [6.07, 6.45) is 0.118. The van der Waals surface area contributed by atoms with Gasteiger partial charge in [0.15, 0.2) is 0 Å². The van der Waals surface area contributed by atoms with Crippen LogP contribution in [-0.2, 0) is 19.2 Å². The lowest BCUT2D eigenvalue weighted by Gasteiger charge is -2.16. The van der Waals surface area contributed by atoms with E-state index in [-0.39, 0.29) is 36.6 Å². The van der Waals surface area contributed by atoms with Crippen molar-refractivity contribution >= 4 is 40.7 Å². The molecule has 1 aliphatic rings. The van der Waals surface area contributed by atoms with Gasteiger partial charge in [-0.3, -0.25) is 19.2 Å². The second-order valence-electron chi connectivity index (χ2n) is 6.77. The topological polar surface area (TPSA) is 108 Å². The molecule has 2 aromatic rings. The molecule has 1 heterocycles. The molecule has 1 unspecified atom stereocenters. The molecule has 1 atom stereocenters. The van der Waals surface area contributed by atoms with E-state index in [0.29, 0.717) is 17.9 Å². The number of carbonyl (C=O) groups excluding carboxylic acids is 4. The first-order chi connectivity index (χ1) is 13.9. The van der Waals surface area contributed by atoms with Crippen LogP contribution in [-0.4, -0.2) is 36.7 Å². The zero-order valence-corrected chi connectivity index (χ0v) is 16.0. The van der Waals surface area contributed by atoms with Gasteiger partial charge in [-0.05, 0) is 36.4 Å². The summed E-state index contributed by atoms with van der Waals surface area (Å²) in [6, 6.07) is 15.8. The first kappa shape index (κ1) is 20.1. The fourth-order valence-electron chi connectivity index (χ4n) is 3.10. The van der Waals surface area contributed by atoms with Gasteiger partial charge in [-0.1, -0.05) is 18.2 Å². The van der Waals surface area contributed by atoms with E-state index in [1.807, 2.05) is 30.3 Å². The molecule has 1 saturated heterocycles. The Morgan fingerprint density at radius 2 is 1.59 bits per heavy atom. The maximum absolute atomic E-state index is 12.4. The van der Waals surface area contributed by atoms with Crippen LogP contribution in [0, 0.1) is 5.92 Å². The van der Waals surface area contributed by atoms with Gasteiger partial charge >= 0.3 is 0 Å². The highest BCUT2D eigenvalue weighted by atomic mass is 16.2. The number of carbonyl (C=O) groups is 4. The highest BCUT2D eigenvalue weighted by Gasteiger charge is 2.35. The minimum atomic E-state index is -0.493. The standard InChI is InChI=1S/C21H22N4O4/c1-14(26)23-16-7-9-17(10-8-16)24-19(27)12-22-21(29)15-11-20(28)25(13-15)18-5-3-2-4-6-18/h2-10,15H,11-13H2,1H3,(H,22,29)(H,23,26)(H,24,27). The number of rotatable bonds is 6. The van der Waals surface area contributed by atoms with Crippen LogP contribution in [0.3, 0.4) is 0 Å². The molecule has 3 rings (SSSR count). The molecule has 0 saturated carbocycles. The first-order valence-corrected chi connectivity index (χ1v) is 9.23. The van der Waals surface area contributed by atoms with Crippen molar-refractivity contribution in [1.82, 2.24) is 5.32 Å². The van der Waals surface area contributed by atoms with Gasteiger partial charge in [-0.25, -0.2) is 0 Å². The summed E-state index contributed by atoms with van der Waals surface area (Å²) in [6.45, 7) is 1.51. The second kappa shape index (κ2) is 9.01. The van der Waals surface area contributed by atoms with E-state index in [9.17, 15) is 19.2 Å². The summed E-state index contributed by atoms with van der Waals surface area (Å²) < 4.78 is 0. The monoisotopic (exact) mass is 394 g/mol. The van der Waals surface area contributed by atoms with Crippen LogP contribution in [0.5, 0.6) is 0 Å². The van der Waals surface area contributed by atoms with Crippen LogP contribution < -0.4 is 20.9 Å². The zero-order chi connectivity index (χ0) is 20.8. The van der Waals surface area contributed by atoms with Crippen molar-refractivity contribution in [1.29, 1.82) is 0 Å². The summed E-state index contributed by atoms with van der Waals surface area (Å²) in [7, 11) is 0. The average molecular weight is 394 g/mol. The number of para-hydroxylation sites is 1. The average Bonchev–Trinajstić information content (AvgIpc) is 3.10. The van der Waals surface area contributed by atoms with Crippen molar-refractivity contribution in [3.63, 3.8) is 0 Å². The lowest BCUT2D eigenvalue weighted by molar-refractivity contribution is -0.127. The number of nitrogens with zero attached hydrogens (tertiary/aromatic N) is 1. The highest BCUT2D eigenvalue weighted by Crippen LogP contribution is 2.24. The Kier molecular flexibility index (Phi) is 6.23. The van der Waals surface area contributed by atoms with Crippen LogP contribution >= 0.6 is 0 Å². The number of hydrogen-bond acceptors (Lipinski definition) is 4. The molecule has 0 aromatic heterocycles. The van der Waals surface area contributed by atoms with Gasteiger partial charge in [0.05, 0.1) is 12.5 Å². The highest BCUT2D eigenvalue weighted by molar-refractivity contribution is 6.01. The van der Waals surface area contributed by atoms with Gasteiger partial charge in [0.1, 0.15) is 0 Å². The van der Waals surface area contributed by atoms with Crippen LogP contribution in [0.2, 0.25) is 0 Å². The summed E-state index contributed by atoms with van der Waals surface area (Å²) in [5.74, 6) is -1.49. The second-order valence-corrected chi connectivity index (χ2v) is 6.77. The van der Waals surface area contributed by atoms with Crippen molar-refractivity contribution in [3.05, 3.63) is 54.6 Å². The third-order valence-corrected chi connectivity index (χ3v) is 4.48. The molecule has 8 nitrogen and oxygen atoms in total. The molecule has 0 spiro atoms. The molecule has 8 heteroatoms. The Bertz CT molecular complexity index is 912. The van der Waals surface area contributed by atoms with E-state index in [4.69, 9.17) is 0 Å². The minimum absolute atomic E-state index is 0.111. The van der Waals surface area contributed by atoms with Crippen molar-refractivity contribution < 1.29 is 19.2 Å². The van der Waals surface area contributed by atoms with E-state index in [2.05, 4.69) is 16.0 Å². The maximum atomic E-state index is 12.4. The van der Waals surface area contributed by atoms with E-state index < -0.39 is 5.92 Å². The molecule has 0 radical (unpaired) electrons. The molecule has 4 amide bonds. The zero-order valence-electron chi connectivity index (χ0n) is 16.0. The Balaban J connectivity index is 1.47. The molecule has 1 aliphatic heterocycles. The van der Waals surface area contributed by atoms with Gasteiger partial charge in [0, 0.05) is 37.0 Å². The lowest BCUT2D eigenvalue weighted by atomic mass is 10.1. The van der Waals surface area contributed by atoms with Crippen molar-refractivity contribution in [3.8, 4) is 0 Å². The van der Waals surface area contributed by atoms with E-state index >= 15 is 0 Å². The molecule has 0 bridgehead atoms. The van der Waals surface area contributed by atoms with E-state index in [0.717, 1.165) is 5.69 Å². The maximum Gasteiger partial charge on any atom is 0.243 e. The fourth-order valence-corrected chi connectivity index (χ4v) is 3.10. The van der Waals surface area contributed by atoms with Gasteiger partial charge < -0.3 is 20.9 Å². The molecule has 1 fully saturated rings. The molecule has 2 aromatic carbocycles. The number of hydrogen-bond donors (Lipinski definition) is 3. The van der Waals surface area contributed by atoms with Crippen molar-refractivity contribution in [2.24, 2.45) is 5.92 Å². The van der Waals surface area contributed by atoms with Crippen LogP contribution in [0.15, 0.2) is 54.6 Å². The summed E-state index contributed by atoms with van der Waals surface area (Å²) in [5.41, 5.74) is 1.93. The lowest BCUT2D eigenvalue weighted by Crippen LogP contribution is -2.37.